The monoisotopic (exact) mass is 441 g/mol. The van der Waals surface area contributed by atoms with Gasteiger partial charge in [-0.25, -0.2) is 4.98 Å². The van der Waals surface area contributed by atoms with E-state index < -0.39 is 0 Å². The fourth-order valence-electron chi connectivity index (χ4n) is 3.36. The van der Waals surface area contributed by atoms with Crippen molar-refractivity contribution in [2.45, 2.75) is 37.7 Å². The summed E-state index contributed by atoms with van der Waals surface area (Å²) in [5.41, 5.74) is 2.63. The second kappa shape index (κ2) is 8.46. The molecule has 1 aromatic carbocycles. The summed E-state index contributed by atoms with van der Waals surface area (Å²) in [4.78, 5) is 25.2. The molecule has 0 spiro atoms. The standard InChI is InChI=1S/C21H23N5O4S/c1-11(2)26-20(27)17-14(9-12(3)22-17)23-21(26)31-10-16-24-19(25-30-16)13-7-6-8-15(28-4)18(13)29-5/h6-9,11,22H,10H2,1-5H3. The van der Waals surface area contributed by atoms with Crippen molar-refractivity contribution in [1.82, 2.24) is 24.7 Å². The third-order valence-corrected chi connectivity index (χ3v) is 5.68. The highest BCUT2D eigenvalue weighted by Crippen LogP contribution is 2.36. The van der Waals surface area contributed by atoms with Crippen LogP contribution in [0.15, 0.2) is 38.7 Å². The minimum absolute atomic E-state index is 0.0465. The molecule has 0 saturated carbocycles. The first-order chi connectivity index (χ1) is 14.9. The Morgan fingerprint density at radius 2 is 2.03 bits per heavy atom. The van der Waals surface area contributed by atoms with Gasteiger partial charge in [0.1, 0.15) is 5.52 Å². The number of para-hydroxylation sites is 1. The molecular weight excluding hydrogens is 418 g/mol. The lowest BCUT2D eigenvalue weighted by Crippen LogP contribution is -2.25. The summed E-state index contributed by atoms with van der Waals surface area (Å²) >= 11 is 1.38. The van der Waals surface area contributed by atoms with Gasteiger partial charge in [-0.15, -0.1) is 0 Å². The Morgan fingerprint density at radius 3 is 2.74 bits per heavy atom. The number of fused-ring (bicyclic) bond motifs is 1. The number of nitrogens with zero attached hydrogens (tertiary/aromatic N) is 4. The molecule has 4 rings (SSSR count). The van der Waals surface area contributed by atoms with Crippen LogP contribution in [0.25, 0.3) is 22.4 Å². The highest BCUT2D eigenvalue weighted by atomic mass is 32.2. The zero-order valence-electron chi connectivity index (χ0n) is 17.9. The first kappa shape index (κ1) is 21.0. The van der Waals surface area contributed by atoms with Gasteiger partial charge in [-0.3, -0.25) is 9.36 Å². The fraction of sp³-hybridized carbons (Fsp3) is 0.333. The molecular formula is C21H23N5O4S. The summed E-state index contributed by atoms with van der Waals surface area (Å²) in [6.07, 6.45) is 0. The van der Waals surface area contributed by atoms with Crippen LogP contribution in [0.4, 0.5) is 0 Å². The Balaban J connectivity index is 1.63. The second-order valence-corrected chi connectivity index (χ2v) is 8.16. The van der Waals surface area contributed by atoms with E-state index in [4.69, 9.17) is 14.0 Å². The number of aromatic nitrogens is 5. The molecule has 1 N–H and O–H groups in total. The number of thioether (sulfide) groups is 1. The van der Waals surface area contributed by atoms with Crippen LogP contribution in [-0.4, -0.2) is 38.9 Å². The van der Waals surface area contributed by atoms with Crippen molar-refractivity contribution >= 4 is 22.8 Å². The van der Waals surface area contributed by atoms with Crippen LogP contribution in [0.5, 0.6) is 11.5 Å². The highest BCUT2D eigenvalue weighted by molar-refractivity contribution is 7.98. The van der Waals surface area contributed by atoms with E-state index in [0.717, 1.165) is 5.69 Å². The predicted molar refractivity (Wildman–Crippen MR) is 118 cm³/mol. The number of aryl methyl sites for hydroxylation is 1. The van der Waals surface area contributed by atoms with Gasteiger partial charge in [0, 0.05) is 11.7 Å². The topological polar surface area (TPSA) is 108 Å². The number of ether oxygens (including phenoxy) is 2. The number of hydrogen-bond donors (Lipinski definition) is 1. The lowest BCUT2D eigenvalue weighted by atomic mass is 10.2. The molecule has 3 heterocycles. The van der Waals surface area contributed by atoms with Gasteiger partial charge >= 0.3 is 0 Å². The van der Waals surface area contributed by atoms with Gasteiger partial charge < -0.3 is 19.0 Å². The van der Waals surface area contributed by atoms with E-state index in [1.54, 1.807) is 24.9 Å². The molecule has 0 bridgehead atoms. The van der Waals surface area contributed by atoms with Gasteiger partial charge in [0.05, 0.1) is 31.1 Å². The van der Waals surface area contributed by atoms with E-state index in [1.807, 2.05) is 39.0 Å². The van der Waals surface area contributed by atoms with Crippen LogP contribution in [0, 0.1) is 6.92 Å². The lowest BCUT2D eigenvalue weighted by Gasteiger charge is -2.14. The van der Waals surface area contributed by atoms with E-state index in [9.17, 15) is 4.79 Å². The van der Waals surface area contributed by atoms with Crippen LogP contribution in [0.2, 0.25) is 0 Å². The van der Waals surface area contributed by atoms with Gasteiger partial charge in [0.15, 0.2) is 16.7 Å². The average Bonchev–Trinajstić information content (AvgIpc) is 3.37. The molecule has 0 amide bonds. The van der Waals surface area contributed by atoms with Crippen molar-refractivity contribution in [3.63, 3.8) is 0 Å². The van der Waals surface area contributed by atoms with Crippen LogP contribution in [0.1, 0.15) is 31.5 Å². The Kier molecular flexibility index (Phi) is 5.73. The normalized spacial score (nSPS) is 11.4. The molecule has 0 aliphatic rings. The number of hydrogen-bond acceptors (Lipinski definition) is 8. The molecule has 0 aliphatic carbocycles. The van der Waals surface area contributed by atoms with Crippen molar-refractivity contribution in [1.29, 1.82) is 0 Å². The van der Waals surface area contributed by atoms with Crippen LogP contribution < -0.4 is 15.0 Å². The maximum Gasteiger partial charge on any atom is 0.278 e. The summed E-state index contributed by atoms with van der Waals surface area (Å²) < 4.78 is 17.9. The van der Waals surface area contributed by atoms with Gasteiger partial charge in [0.2, 0.25) is 11.7 Å². The maximum atomic E-state index is 12.9. The van der Waals surface area contributed by atoms with E-state index in [1.165, 1.54) is 11.8 Å². The van der Waals surface area contributed by atoms with Crippen LogP contribution >= 0.6 is 11.8 Å². The maximum absolute atomic E-state index is 12.9. The number of H-pyrrole nitrogens is 1. The largest absolute Gasteiger partial charge is 0.493 e. The molecule has 9 nitrogen and oxygen atoms in total. The quantitative estimate of drug-likeness (QED) is 0.339. The Bertz CT molecular complexity index is 1290. The van der Waals surface area contributed by atoms with Crippen molar-refractivity contribution in [2.75, 3.05) is 14.2 Å². The minimum atomic E-state index is -0.0945. The van der Waals surface area contributed by atoms with E-state index >= 15 is 0 Å². The lowest BCUT2D eigenvalue weighted by molar-refractivity contribution is 0.355. The predicted octanol–water partition coefficient (Wildman–Crippen LogP) is 3.97. The number of methoxy groups -OCH3 is 2. The Labute approximate surface area is 182 Å². The van der Waals surface area contributed by atoms with Crippen molar-refractivity contribution < 1.29 is 14.0 Å². The molecule has 31 heavy (non-hydrogen) atoms. The summed E-state index contributed by atoms with van der Waals surface area (Å²) in [5.74, 6) is 2.31. The average molecular weight is 442 g/mol. The van der Waals surface area contributed by atoms with Crippen LogP contribution in [0.3, 0.4) is 0 Å². The van der Waals surface area contributed by atoms with Crippen molar-refractivity contribution in [3.05, 3.63) is 46.2 Å². The molecule has 10 heteroatoms. The molecule has 162 valence electrons. The second-order valence-electron chi connectivity index (χ2n) is 7.22. The smallest absolute Gasteiger partial charge is 0.278 e. The third kappa shape index (κ3) is 3.90. The minimum Gasteiger partial charge on any atom is -0.493 e. The first-order valence-corrected chi connectivity index (χ1v) is 10.7. The Hall–Kier alpha value is -3.27. The summed E-state index contributed by atoms with van der Waals surface area (Å²) in [5, 5.41) is 4.68. The van der Waals surface area contributed by atoms with E-state index in [-0.39, 0.29) is 11.6 Å². The van der Waals surface area contributed by atoms with Crippen LogP contribution in [-0.2, 0) is 5.75 Å². The SMILES string of the molecule is COc1cccc(-c2noc(CSc3nc4cc(C)[nH]c4c(=O)n3C(C)C)n2)c1OC. The third-order valence-electron chi connectivity index (χ3n) is 4.74. The molecule has 0 radical (unpaired) electrons. The summed E-state index contributed by atoms with van der Waals surface area (Å²) in [7, 11) is 3.14. The molecule has 0 unspecified atom stereocenters. The van der Waals surface area contributed by atoms with Crippen molar-refractivity contribution in [3.8, 4) is 22.9 Å². The Morgan fingerprint density at radius 1 is 1.23 bits per heavy atom. The van der Waals surface area contributed by atoms with Gasteiger partial charge in [-0.05, 0) is 39.0 Å². The number of nitrogens with one attached hydrogen (secondary N) is 1. The molecule has 3 aromatic heterocycles. The zero-order chi connectivity index (χ0) is 22.1. The first-order valence-electron chi connectivity index (χ1n) is 9.71. The number of aromatic amines is 1. The molecule has 0 aliphatic heterocycles. The zero-order valence-corrected chi connectivity index (χ0v) is 18.7. The fourth-order valence-corrected chi connectivity index (χ4v) is 4.33. The van der Waals surface area contributed by atoms with Gasteiger partial charge in [0.25, 0.3) is 5.56 Å². The molecule has 0 fully saturated rings. The number of benzene rings is 1. The molecule has 0 atom stereocenters. The van der Waals surface area contributed by atoms with Gasteiger partial charge in [-0.2, -0.15) is 4.98 Å². The molecule has 4 aromatic rings. The number of rotatable bonds is 7. The summed E-state index contributed by atoms with van der Waals surface area (Å²) in [6.45, 7) is 5.81. The van der Waals surface area contributed by atoms with Crippen molar-refractivity contribution in [2.24, 2.45) is 0 Å². The molecule has 0 saturated heterocycles. The van der Waals surface area contributed by atoms with E-state index in [0.29, 0.717) is 50.7 Å². The van der Waals surface area contributed by atoms with Gasteiger partial charge in [-0.1, -0.05) is 23.0 Å². The summed E-state index contributed by atoms with van der Waals surface area (Å²) in [6, 6.07) is 7.29. The van der Waals surface area contributed by atoms with E-state index in [2.05, 4.69) is 20.1 Å². The highest BCUT2D eigenvalue weighted by Gasteiger charge is 2.19.